The van der Waals surface area contributed by atoms with Gasteiger partial charge in [-0.1, -0.05) is 256 Å². The molecular formula is C58H104O6. The molecule has 0 aromatic rings. The van der Waals surface area contributed by atoms with Crippen LogP contribution in [0.3, 0.4) is 0 Å². The third-order valence-corrected chi connectivity index (χ3v) is 12.1. The predicted octanol–water partition coefficient (Wildman–Crippen LogP) is 18.3. The van der Waals surface area contributed by atoms with Gasteiger partial charge in [0.05, 0.1) is 0 Å². The summed E-state index contributed by atoms with van der Waals surface area (Å²) in [7, 11) is 0. The minimum absolute atomic E-state index is 0.0794. The molecule has 0 saturated heterocycles. The van der Waals surface area contributed by atoms with E-state index in [1.165, 1.54) is 148 Å². The highest BCUT2D eigenvalue weighted by Crippen LogP contribution is 2.16. The van der Waals surface area contributed by atoms with Gasteiger partial charge in [-0.15, -0.1) is 0 Å². The fourth-order valence-corrected chi connectivity index (χ4v) is 7.96. The number of esters is 3. The first kappa shape index (κ1) is 61.4. The van der Waals surface area contributed by atoms with Crippen molar-refractivity contribution in [1.29, 1.82) is 0 Å². The summed E-state index contributed by atoms with van der Waals surface area (Å²) >= 11 is 0. The maximum Gasteiger partial charge on any atom is 0.306 e. The molecule has 0 spiro atoms. The first-order valence-electron chi connectivity index (χ1n) is 27.6. The third kappa shape index (κ3) is 50.4. The highest BCUT2D eigenvalue weighted by Gasteiger charge is 2.19. The van der Waals surface area contributed by atoms with E-state index in [0.29, 0.717) is 19.3 Å². The molecule has 0 rings (SSSR count). The topological polar surface area (TPSA) is 78.9 Å². The molecule has 6 heteroatoms. The summed E-state index contributed by atoms with van der Waals surface area (Å²) in [6, 6.07) is 0. The van der Waals surface area contributed by atoms with Gasteiger partial charge in [-0.3, -0.25) is 14.4 Å². The Hall–Kier alpha value is -2.63. The van der Waals surface area contributed by atoms with Gasteiger partial charge in [0.2, 0.25) is 0 Å². The average molecular weight is 897 g/mol. The van der Waals surface area contributed by atoms with E-state index in [4.69, 9.17) is 14.2 Å². The summed E-state index contributed by atoms with van der Waals surface area (Å²) in [5.41, 5.74) is 0. The van der Waals surface area contributed by atoms with Crippen molar-refractivity contribution in [2.75, 3.05) is 13.2 Å². The molecular weight excluding hydrogens is 793 g/mol. The highest BCUT2D eigenvalue weighted by atomic mass is 16.6. The number of carbonyl (C=O) groups is 3. The van der Waals surface area contributed by atoms with Crippen LogP contribution in [0, 0.1) is 0 Å². The van der Waals surface area contributed by atoms with Crippen LogP contribution in [0.25, 0.3) is 0 Å². The molecule has 0 aliphatic heterocycles. The monoisotopic (exact) mass is 897 g/mol. The lowest BCUT2D eigenvalue weighted by molar-refractivity contribution is -0.167. The Labute approximate surface area is 397 Å². The smallest absolute Gasteiger partial charge is 0.306 e. The van der Waals surface area contributed by atoms with Gasteiger partial charge in [0.25, 0.3) is 0 Å². The standard InChI is InChI=1S/C58H104O6/c1-4-7-10-13-16-19-21-23-25-27-28-29-31-32-34-36-39-42-45-48-51-57(60)63-54-55(53-62-56(59)50-47-44-41-38-18-15-12-9-6-3)64-58(61)52-49-46-43-40-37-35-33-30-26-24-22-20-17-14-11-8-5-2/h8,11,17,20,24,26,33,35,55H,4-7,9-10,12-16,18-19,21-23,25,27-32,34,36-54H2,1-3H3/b11-8-,20-17-,26-24-,35-33-. The van der Waals surface area contributed by atoms with Gasteiger partial charge in [-0.25, -0.2) is 0 Å². The Morgan fingerprint density at radius 3 is 0.953 bits per heavy atom. The van der Waals surface area contributed by atoms with Gasteiger partial charge in [0, 0.05) is 19.3 Å². The summed E-state index contributed by atoms with van der Waals surface area (Å²) < 4.78 is 16.8. The largest absolute Gasteiger partial charge is 0.462 e. The summed E-state index contributed by atoms with van der Waals surface area (Å²) in [5.74, 6) is -0.894. The molecule has 0 aliphatic carbocycles. The minimum atomic E-state index is -0.781. The zero-order chi connectivity index (χ0) is 46.5. The number of rotatable bonds is 50. The van der Waals surface area contributed by atoms with Crippen LogP contribution in [0.5, 0.6) is 0 Å². The Bertz CT molecular complexity index is 1120. The quantitative estimate of drug-likeness (QED) is 0.0262. The average Bonchev–Trinajstić information content (AvgIpc) is 3.29. The van der Waals surface area contributed by atoms with E-state index in [9.17, 15) is 14.4 Å². The normalized spacial score (nSPS) is 12.4. The molecule has 0 fully saturated rings. The fourth-order valence-electron chi connectivity index (χ4n) is 7.96. The van der Waals surface area contributed by atoms with E-state index < -0.39 is 6.10 Å². The van der Waals surface area contributed by atoms with E-state index in [1.807, 2.05) is 0 Å². The zero-order valence-corrected chi connectivity index (χ0v) is 42.6. The first-order valence-corrected chi connectivity index (χ1v) is 27.6. The van der Waals surface area contributed by atoms with E-state index in [-0.39, 0.29) is 31.1 Å². The first-order chi connectivity index (χ1) is 31.5. The van der Waals surface area contributed by atoms with Crippen LogP contribution < -0.4 is 0 Å². The molecule has 1 atom stereocenters. The number of ether oxygens (including phenoxy) is 3. The van der Waals surface area contributed by atoms with E-state index in [2.05, 4.69) is 69.4 Å². The molecule has 0 aromatic carbocycles. The molecule has 0 bridgehead atoms. The lowest BCUT2D eigenvalue weighted by Gasteiger charge is -2.18. The molecule has 0 saturated carbocycles. The molecule has 6 nitrogen and oxygen atoms in total. The van der Waals surface area contributed by atoms with Crippen LogP contribution in [0.2, 0.25) is 0 Å². The molecule has 64 heavy (non-hydrogen) atoms. The molecule has 0 amide bonds. The Morgan fingerprint density at radius 1 is 0.328 bits per heavy atom. The number of unbranched alkanes of at least 4 members (excludes halogenated alkanes) is 31. The molecule has 372 valence electrons. The second-order valence-corrected chi connectivity index (χ2v) is 18.5. The van der Waals surface area contributed by atoms with Crippen LogP contribution in [-0.4, -0.2) is 37.2 Å². The number of hydrogen-bond acceptors (Lipinski definition) is 6. The SMILES string of the molecule is CC/C=C\C/C=C\C/C=C\C/C=C\CCCCCCC(=O)OC(COC(=O)CCCCCCCCCCC)COC(=O)CCCCCCCCCCCCCCCCCCCCCC. The van der Waals surface area contributed by atoms with Crippen molar-refractivity contribution in [3.05, 3.63) is 48.6 Å². The van der Waals surface area contributed by atoms with E-state index >= 15 is 0 Å². The second kappa shape index (κ2) is 53.0. The maximum absolute atomic E-state index is 12.8. The van der Waals surface area contributed by atoms with Crippen LogP contribution in [0.1, 0.15) is 284 Å². The molecule has 0 N–H and O–H groups in total. The van der Waals surface area contributed by atoms with E-state index in [1.54, 1.807) is 0 Å². The number of allylic oxidation sites excluding steroid dienone is 8. The van der Waals surface area contributed by atoms with E-state index in [0.717, 1.165) is 96.3 Å². The third-order valence-electron chi connectivity index (χ3n) is 12.1. The van der Waals surface area contributed by atoms with Crippen molar-refractivity contribution in [1.82, 2.24) is 0 Å². The summed E-state index contributed by atoms with van der Waals surface area (Å²) in [6.45, 7) is 6.52. The number of hydrogen-bond donors (Lipinski definition) is 0. The lowest BCUT2D eigenvalue weighted by Crippen LogP contribution is -2.30. The Kier molecular flexibility index (Phi) is 50.8. The highest BCUT2D eigenvalue weighted by molar-refractivity contribution is 5.71. The Balaban J connectivity index is 4.28. The predicted molar refractivity (Wildman–Crippen MR) is 275 cm³/mol. The molecule has 0 radical (unpaired) electrons. The van der Waals surface area contributed by atoms with Gasteiger partial charge >= 0.3 is 17.9 Å². The van der Waals surface area contributed by atoms with Crippen LogP contribution in [0.15, 0.2) is 48.6 Å². The van der Waals surface area contributed by atoms with Gasteiger partial charge in [-0.2, -0.15) is 0 Å². The Morgan fingerprint density at radius 2 is 0.609 bits per heavy atom. The van der Waals surface area contributed by atoms with Crippen molar-refractivity contribution >= 4 is 17.9 Å². The van der Waals surface area contributed by atoms with Gasteiger partial charge in [0.1, 0.15) is 13.2 Å². The van der Waals surface area contributed by atoms with Crippen molar-refractivity contribution in [3.8, 4) is 0 Å². The minimum Gasteiger partial charge on any atom is -0.462 e. The number of carbonyl (C=O) groups excluding carboxylic acids is 3. The summed E-state index contributed by atoms with van der Waals surface area (Å²) in [4.78, 5) is 38.0. The zero-order valence-electron chi connectivity index (χ0n) is 42.6. The van der Waals surface area contributed by atoms with Crippen LogP contribution in [-0.2, 0) is 28.6 Å². The molecule has 0 heterocycles. The second-order valence-electron chi connectivity index (χ2n) is 18.5. The van der Waals surface area contributed by atoms with Gasteiger partial charge in [-0.05, 0) is 57.8 Å². The molecule has 1 unspecified atom stereocenters. The van der Waals surface area contributed by atoms with Crippen LogP contribution >= 0.6 is 0 Å². The summed E-state index contributed by atoms with van der Waals surface area (Å²) in [6.07, 6.45) is 63.9. The molecule has 0 aromatic heterocycles. The van der Waals surface area contributed by atoms with Crippen molar-refractivity contribution in [3.63, 3.8) is 0 Å². The van der Waals surface area contributed by atoms with Gasteiger partial charge < -0.3 is 14.2 Å². The van der Waals surface area contributed by atoms with Crippen molar-refractivity contribution in [2.24, 2.45) is 0 Å². The fraction of sp³-hybridized carbons (Fsp3) is 0.810. The molecule has 0 aliphatic rings. The van der Waals surface area contributed by atoms with Crippen LogP contribution in [0.4, 0.5) is 0 Å². The lowest BCUT2D eigenvalue weighted by atomic mass is 10.0. The summed E-state index contributed by atoms with van der Waals surface area (Å²) in [5, 5.41) is 0. The maximum atomic E-state index is 12.8. The van der Waals surface area contributed by atoms with Gasteiger partial charge in [0.15, 0.2) is 6.10 Å². The van der Waals surface area contributed by atoms with Crippen molar-refractivity contribution < 1.29 is 28.6 Å². The van der Waals surface area contributed by atoms with Crippen molar-refractivity contribution in [2.45, 2.75) is 290 Å².